The van der Waals surface area contributed by atoms with E-state index in [1.807, 2.05) is 0 Å². The lowest BCUT2D eigenvalue weighted by molar-refractivity contribution is -0.137. The normalized spacial score (nSPS) is 24.8. The molecule has 0 aliphatic carbocycles. The molecule has 21 heavy (non-hydrogen) atoms. The van der Waals surface area contributed by atoms with E-state index < -0.39 is 28.6 Å². The van der Waals surface area contributed by atoms with Crippen molar-refractivity contribution in [2.45, 2.75) is 31.2 Å². The van der Waals surface area contributed by atoms with E-state index in [1.54, 1.807) is 0 Å². The van der Waals surface area contributed by atoms with Crippen LogP contribution in [-0.2, 0) is 17.0 Å². The lowest BCUT2D eigenvalue weighted by Gasteiger charge is -2.24. The van der Waals surface area contributed by atoms with Crippen molar-refractivity contribution in [2.24, 2.45) is 0 Å². The monoisotopic (exact) mass is 321 g/mol. The summed E-state index contributed by atoms with van der Waals surface area (Å²) in [5.74, 6) is 1.27. The van der Waals surface area contributed by atoms with Gasteiger partial charge in [-0.05, 0) is 30.5 Å². The molecule has 0 aromatic heterocycles. The lowest BCUT2D eigenvalue weighted by atomic mass is 10.0. The van der Waals surface area contributed by atoms with Gasteiger partial charge in [-0.3, -0.25) is 4.21 Å². The highest BCUT2D eigenvalue weighted by molar-refractivity contribution is 7.85. The lowest BCUT2D eigenvalue weighted by Crippen LogP contribution is -2.37. The standard InChI is InChI=1S/C14H18F3NO2S/c15-14(16,17)11-3-1-2-10(8-11)13(19)9-18-12-4-6-21(20)7-5-12/h1-3,8,12-13,18-19H,4-7,9H2. The van der Waals surface area contributed by atoms with E-state index in [-0.39, 0.29) is 18.2 Å². The minimum absolute atomic E-state index is 0.170. The number of rotatable bonds is 4. The van der Waals surface area contributed by atoms with Crippen molar-refractivity contribution in [2.75, 3.05) is 18.1 Å². The molecule has 7 heteroatoms. The van der Waals surface area contributed by atoms with Crippen molar-refractivity contribution in [3.63, 3.8) is 0 Å². The number of aliphatic hydroxyl groups is 1. The predicted octanol–water partition coefficient (Wildman–Crippen LogP) is 2.24. The van der Waals surface area contributed by atoms with Crippen LogP contribution in [0.25, 0.3) is 0 Å². The summed E-state index contributed by atoms with van der Waals surface area (Å²) in [6.07, 6.45) is -3.86. The van der Waals surface area contributed by atoms with E-state index in [0.29, 0.717) is 11.5 Å². The van der Waals surface area contributed by atoms with Crippen molar-refractivity contribution >= 4 is 10.8 Å². The van der Waals surface area contributed by atoms with E-state index in [0.717, 1.165) is 25.0 Å². The second-order valence-corrected chi connectivity index (χ2v) is 6.87. The van der Waals surface area contributed by atoms with Crippen LogP contribution >= 0.6 is 0 Å². The van der Waals surface area contributed by atoms with E-state index in [2.05, 4.69) is 5.32 Å². The maximum Gasteiger partial charge on any atom is 0.416 e. The Morgan fingerprint density at radius 2 is 2.00 bits per heavy atom. The van der Waals surface area contributed by atoms with Crippen molar-refractivity contribution < 1.29 is 22.5 Å². The van der Waals surface area contributed by atoms with Crippen molar-refractivity contribution in [1.29, 1.82) is 0 Å². The van der Waals surface area contributed by atoms with Gasteiger partial charge in [0, 0.05) is 34.9 Å². The van der Waals surface area contributed by atoms with Crippen LogP contribution < -0.4 is 5.32 Å². The summed E-state index contributed by atoms with van der Waals surface area (Å²) in [5.41, 5.74) is -0.510. The summed E-state index contributed by atoms with van der Waals surface area (Å²) in [5, 5.41) is 13.1. The molecule has 1 heterocycles. The van der Waals surface area contributed by atoms with Crippen LogP contribution in [0.5, 0.6) is 0 Å². The largest absolute Gasteiger partial charge is 0.416 e. The first-order valence-corrected chi connectivity index (χ1v) is 8.28. The van der Waals surface area contributed by atoms with Crippen LogP contribution in [0.1, 0.15) is 30.1 Å². The summed E-state index contributed by atoms with van der Waals surface area (Å²) in [6, 6.07) is 4.91. The van der Waals surface area contributed by atoms with Crippen LogP contribution in [0.15, 0.2) is 24.3 Å². The first-order valence-electron chi connectivity index (χ1n) is 6.80. The fourth-order valence-electron chi connectivity index (χ4n) is 2.32. The third kappa shape index (κ3) is 4.79. The molecule has 1 saturated heterocycles. The highest BCUT2D eigenvalue weighted by atomic mass is 32.2. The molecule has 118 valence electrons. The zero-order valence-corrected chi connectivity index (χ0v) is 12.2. The molecule has 3 nitrogen and oxygen atoms in total. The molecule has 1 fully saturated rings. The number of benzene rings is 1. The molecule has 1 atom stereocenters. The Balaban J connectivity index is 1.91. The summed E-state index contributed by atoms with van der Waals surface area (Å²) >= 11 is 0. The molecule has 1 unspecified atom stereocenters. The number of halogens is 3. The van der Waals surface area contributed by atoms with Gasteiger partial charge in [0.25, 0.3) is 0 Å². The van der Waals surface area contributed by atoms with Gasteiger partial charge in [0.2, 0.25) is 0 Å². The molecule has 1 aliphatic rings. The number of nitrogens with one attached hydrogen (secondary N) is 1. The molecular weight excluding hydrogens is 303 g/mol. The van der Waals surface area contributed by atoms with Crippen LogP contribution in [-0.4, -0.2) is 33.4 Å². The molecule has 1 aromatic rings. The maximum absolute atomic E-state index is 12.6. The zero-order valence-electron chi connectivity index (χ0n) is 11.4. The summed E-state index contributed by atoms with van der Waals surface area (Å²) < 4.78 is 49.1. The van der Waals surface area contributed by atoms with E-state index in [1.165, 1.54) is 12.1 Å². The van der Waals surface area contributed by atoms with Gasteiger partial charge in [-0.15, -0.1) is 0 Å². The van der Waals surface area contributed by atoms with Gasteiger partial charge < -0.3 is 10.4 Å². The molecule has 1 aromatic carbocycles. The Hall–Kier alpha value is -0.920. The fraction of sp³-hybridized carbons (Fsp3) is 0.571. The summed E-state index contributed by atoms with van der Waals surface area (Å²) in [6.45, 7) is 0.193. The summed E-state index contributed by atoms with van der Waals surface area (Å²) in [4.78, 5) is 0. The second kappa shape index (κ2) is 6.89. The second-order valence-electron chi connectivity index (χ2n) is 5.17. The third-order valence-corrected chi connectivity index (χ3v) is 4.97. The molecule has 1 aliphatic heterocycles. The van der Waals surface area contributed by atoms with Crippen LogP contribution in [0.4, 0.5) is 13.2 Å². The van der Waals surface area contributed by atoms with Gasteiger partial charge in [-0.2, -0.15) is 13.2 Å². The number of hydrogen-bond acceptors (Lipinski definition) is 3. The van der Waals surface area contributed by atoms with Gasteiger partial charge in [0.1, 0.15) is 0 Å². The highest BCUT2D eigenvalue weighted by Crippen LogP contribution is 2.30. The number of alkyl halides is 3. The van der Waals surface area contributed by atoms with E-state index in [9.17, 15) is 22.5 Å². The SMILES string of the molecule is O=S1CCC(NCC(O)c2cccc(C(F)(F)F)c2)CC1. The molecule has 0 bridgehead atoms. The minimum Gasteiger partial charge on any atom is -0.387 e. The van der Waals surface area contributed by atoms with Crippen molar-refractivity contribution in [3.8, 4) is 0 Å². The maximum atomic E-state index is 12.6. The third-order valence-electron chi connectivity index (χ3n) is 3.59. The highest BCUT2D eigenvalue weighted by Gasteiger charge is 2.30. The van der Waals surface area contributed by atoms with Gasteiger partial charge >= 0.3 is 6.18 Å². The van der Waals surface area contributed by atoms with Crippen LogP contribution in [0.3, 0.4) is 0 Å². The number of aliphatic hydroxyl groups excluding tert-OH is 1. The molecule has 0 amide bonds. The van der Waals surface area contributed by atoms with Crippen LogP contribution in [0, 0.1) is 0 Å². The Bertz CT molecular complexity index is 497. The van der Waals surface area contributed by atoms with Gasteiger partial charge in [-0.1, -0.05) is 12.1 Å². The number of hydrogen-bond donors (Lipinski definition) is 2. The van der Waals surface area contributed by atoms with Gasteiger partial charge in [-0.25, -0.2) is 0 Å². The van der Waals surface area contributed by atoms with E-state index in [4.69, 9.17) is 0 Å². The molecule has 0 spiro atoms. The Labute approximate surface area is 124 Å². The summed E-state index contributed by atoms with van der Waals surface area (Å²) in [7, 11) is -0.752. The van der Waals surface area contributed by atoms with E-state index >= 15 is 0 Å². The smallest absolute Gasteiger partial charge is 0.387 e. The van der Waals surface area contributed by atoms with Gasteiger partial charge in [0.15, 0.2) is 0 Å². The quantitative estimate of drug-likeness (QED) is 0.894. The topological polar surface area (TPSA) is 49.3 Å². The van der Waals surface area contributed by atoms with Gasteiger partial charge in [0.05, 0.1) is 11.7 Å². The van der Waals surface area contributed by atoms with Crippen molar-refractivity contribution in [3.05, 3.63) is 35.4 Å². The molecule has 0 radical (unpaired) electrons. The first-order chi connectivity index (χ1) is 9.86. The zero-order chi connectivity index (χ0) is 15.5. The molecule has 2 rings (SSSR count). The van der Waals surface area contributed by atoms with Crippen molar-refractivity contribution in [1.82, 2.24) is 5.32 Å². The molecule has 0 saturated carbocycles. The van der Waals surface area contributed by atoms with Crippen LogP contribution in [0.2, 0.25) is 0 Å². The Morgan fingerprint density at radius 1 is 1.33 bits per heavy atom. The Morgan fingerprint density at radius 3 is 2.62 bits per heavy atom. The average molecular weight is 321 g/mol. The average Bonchev–Trinajstić information content (AvgIpc) is 2.45. The Kier molecular flexibility index (Phi) is 5.40. The minimum atomic E-state index is -4.41. The predicted molar refractivity (Wildman–Crippen MR) is 75.3 cm³/mol. The fourth-order valence-corrected chi connectivity index (χ4v) is 3.62. The molecule has 2 N–H and O–H groups in total. The first kappa shape index (κ1) is 16.5. The molecular formula is C14H18F3NO2S.